The minimum atomic E-state index is -0.988. The second-order valence-electron chi connectivity index (χ2n) is 3.43. The monoisotopic (exact) mass is 203 g/mol. The van der Waals surface area contributed by atoms with Gasteiger partial charge < -0.3 is 5.11 Å². The first-order valence-corrected chi connectivity index (χ1v) is 4.52. The molecular formula is C11H9NO3. The summed E-state index contributed by atoms with van der Waals surface area (Å²) in [5.74, 6) is -1.97. The molecule has 1 aliphatic heterocycles. The van der Waals surface area contributed by atoms with E-state index in [4.69, 9.17) is 5.11 Å². The summed E-state index contributed by atoms with van der Waals surface area (Å²) >= 11 is 0. The van der Waals surface area contributed by atoms with Crippen LogP contribution in [0.1, 0.15) is 6.92 Å². The van der Waals surface area contributed by atoms with Crippen molar-refractivity contribution in [2.24, 2.45) is 10.9 Å². The van der Waals surface area contributed by atoms with E-state index in [2.05, 4.69) is 4.99 Å². The second-order valence-corrected chi connectivity index (χ2v) is 3.43. The highest BCUT2D eigenvalue weighted by Crippen LogP contribution is 2.23. The van der Waals surface area contributed by atoms with Crippen LogP contribution in [0.25, 0.3) is 0 Å². The zero-order valence-electron chi connectivity index (χ0n) is 8.10. The van der Waals surface area contributed by atoms with Gasteiger partial charge in [-0.3, -0.25) is 14.6 Å². The highest BCUT2D eigenvalue weighted by molar-refractivity contribution is 6.32. The molecule has 0 bridgehead atoms. The predicted octanol–water partition coefficient (Wildman–Crippen LogP) is 1.11. The first kappa shape index (κ1) is 9.58. The lowest BCUT2D eigenvalue weighted by Gasteiger charge is -2.19. The molecule has 0 aromatic rings. The molecule has 4 heteroatoms. The number of allylic oxidation sites excluding steroid dienone is 5. The Morgan fingerprint density at radius 1 is 1.53 bits per heavy atom. The quantitative estimate of drug-likeness (QED) is 0.694. The third-order valence-electron chi connectivity index (χ3n) is 2.31. The van der Waals surface area contributed by atoms with Crippen LogP contribution in [0.4, 0.5) is 0 Å². The predicted molar refractivity (Wildman–Crippen MR) is 54.5 cm³/mol. The Morgan fingerprint density at radius 3 is 2.93 bits per heavy atom. The van der Waals surface area contributed by atoms with Crippen molar-refractivity contribution < 1.29 is 14.7 Å². The highest BCUT2D eigenvalue weighted by atomic mass is 16.4. The van der Waals surface area contributed by atoms with Crippen LogP contribution in [-0.4, -0.2) is 22.6 Å². The Balaban J connectivity index is 2.51. The van der Waals surface area contributed by atoms with Crippen molar-refractivity contribution >= 4 is 17.5 Å². The topological polar surface area (TPSA) is 66.7 Å². The molecule has 2 aliphatic rings. The average molecular weight is 203 g/mol. The third kappa shape index (κ3) is 1.54. The lowest BCUT2D eigenvalue weighted by molar-refractivity contribution is -0.138. The number of carbonyl (C=O) groups excluding carboxylic acids is 1. The number of ketones is 1. The van der Waals surface area contributed by atoms with Crippen molar-refractivity contribution in [3.63, 3.8) is 0 Å². The van der Waals surface area contributed by atoms with Crippen molar-refractivity contribution in [3.05, 3.63) is 35.6 Å². The molecular weight excluding hydrogens is 194 g/mol. The number of fused-ring (bicyclic) bond motifs is 1. The molecule has 76 valence electrons. The summed E-state index contributed by atoms with van der Waals surface area (Å²) in [6.07, 6.45) is 6.12. The third-order valence-corrected chi connectivity index (χ3v) is 2.31. The van der Waals surface area contributed by atoms with Gasteiger partial charge in [0.05, 0.1) is 5.71 Å². The molecule has 0 saturated carbocycles. The van der Waals surface area contributed by atoms with Gasteiger partial charge in [-0.2, -0.15) is 0 Å². The van der Waals surface area contributed by atoms with Gasteiger partial charge in [0.1, 0.15) is 5.92 Å². The van der Waals surface area contributed by atoms with Crippen LogP contribution in [-0.2, 0) is 9.59 Å². The van der Waals surface area contributed by atoms with Gasteiger partial charge in [0.2, 0.25) is 0 Å². The summed E-state index contributed by atoms with van der Waals surface area (Å²) < 4.78 is 0. The van der Waals surface area contributed by atoms with Crippen molar-refractivity contribution in [2.45, 2.75) is 6.92 Å². The second kappa shape index (κ2) is 3.31. The fourth-order valence-electron chi connectivity index (χ4n) is 1.63. The fourth-order valence-corrected chi connectivity index (χ4v) is 1.63. The SMILES string of the molecule is CC1=CC(=O)C2=CC=CC(C(=O)O)C2=N1. The van der Waals surface area contributed by atoms with Crippen molar-refractivity contribution in [1.29, 1.82) is 0 Å². The van der Waals surface area contributed by atoms with Gasteiger partial charge >= 0.3 is 5.97 Å². The van der Waals surface area contributed by atoms with E-state index in [9.17, 15) is 9.59 Å². The number of aliphatic carboxylic acids is 1. The van der Waals surface area contributed by atoms with Crippen LogP contribution in [0.15, 0.2) is 40.6 Å². The smallest absolute Gasteiger partial charge is 0.316 e. The fraction of sp³-hybridized carbons (Fsp3) is 0.182. The Hall–Kier alpha value is -1.97. The Bertz CT molecular complexity index is 466. The molecule has 0 radical (unpaired) electrons. The number of hydrogen-bond acceptors (Lipinski definition) is 3. The van der Waals surface area contributed by atoms with Gasteiger partial charge in [-0.15, -0.1) is 0 Å². The maximum atomic E-state index is 11.6. The van der Waals surface area contributed by atoms with E-state index in [0.29, 0.717) is 17.0 Å². The van der Waals surface area contributed by atoms with E-state index in [1.54, 1.807) is 19.1 Å². The molecule has 0 amide bonds. The molecule has 1 unspecified atom stereocenters. The van der Waals surface area contributed by atoms with Crippen molar-refractivity contribution in [2.75, 3.05) is 0 Å². The molecule has 0 aromatic heterocycles. The summed E-state index contributed by atoms with van der Waals surface area (Å²) in [6, 6.07) is 0. The molecule has 1 heterocycles. The van der Waals surface area contributed by atoms with Crippen LogP contribution in [0.2, 0.25) is 0 Å². The van der Waals surface area contributed by atoms with Gasteiger partial charge in [0.15, 0.2) is 5.78 Å². The minimum absolute atomic E-state index is 0.173. The van der Waals surface area contributed by atoms with E-state index in [1.165, 1.54) is 12.2 Å². The van der Waals surface area contributed by atoms with E-state index >= 15 is 0 Å². The maximum Gasteiger partial charge on any atom is 0.316 e. The van der Waals surface area contributed by atoms with Gasteiger partial charge in [0, 0.05) is 17.3 Å². The first-order valence-electron chi connectivity index (χ1n) is 4.52. The van der Waals surface area contributed by atoms with E-state index < -0.39 is 11.9 Å². The molecule has 0 spiro atoms. The summed E-state index contributed by atoms with van der Waals surface area (Å²) in [4.78, 5) is 26.6. The molecule has 0 aromatic carbocycles. The van der Waals surface area contributed by atoms with Crippen molar-refractivity contribution in [3.8, 4) is 0 Å². The first-order chi connectivity index (χ1) is 7.09. The summed E-state index contributed by atoms with van der Waals surface area (Å²) in [6.45, 7) is 1.68. The van der Waals surface area contributed by atoms with E-state index in [1.807, 2.05) is 0 Å². The largest absolute Gasteiger partial charge is 0.481 e. The molecule has 1 atom stereocenters. The molecule has 0 fully saturated rings. The summed E-state index contributed by atoms with van der Waals surface area (Å²) in [7, 11) is 0. The number of aliphatic imine (C=N–C) groups is 1. The number of carbonyl (C=O) groups is 2. The van der Waals surface area contributed by atoms with Gasteiger partial charge in [-0.1, -0.05) is 12.2 Å². The van der Waals surface area contributed by atoms with Crippen LogP contribution < -0.4 is 0 Å². The normalized spacial score (nSPS) is 23.9. The molecule has 4 nitrogen and oxygen atoms in total. The Kier molecular flexibility index (Phi) is 2.11. The summed E-state index contributed by atoms with van der Waals surface area (Å²) in [5.41, 5.74) is 1.28. The molecule has 15 heavy (non-hydrogen) atoms. The number of carboxylic acid groups (broad SMARTS) is 1. The standard InChI is InChI=1S/C11H9NO3/c1-6-5-9(13)7-3-2-4-8(11(14)15)10(7)12-6/h2-5,8H,1H3,(H,14,15). The molecule has 1 N–H and O–H groups in total. The lowest BCUT2D eigenvalue weighted by Crippen LogP contribution is -2.29. The van der Waals surface area contributed by atoms with Crippen LogP contribution in [0.3, 0.4) is 0 Å². The minimum Gasteiger partial charge on any atom is -0.481 e. The number of carboxylic acids is 1. The summed E-state index contributed by atoms with van der Waals surface area (Å²) in [5, 5.41) is 8.96. The number of hydrogen-bond donors (Lipinski definition) is 1. The number of rotatable bonds is 1. The molecule has 1 aliphatic carbocycles. The van der Waals surface area contributed by atoms with Crippen LogP contribution in [0.5, 0.6) is 0 Å². The van der Waals surface area contributed by atoms with E-state index in [0.717, 1.165) is 0 Å². The van der Waals surface area contributed by atoms with Crippen LogP contribution >= 0.6 is 0 Å². The van der Waals surface area contributed by atoms with Gasteiger partial charge in [0.25, 0.3) is 0 Å². The highest BCUT2D eigenvalue weighted by Gasteiger charge is 2.30. The zero-order chi connectivity index (χ0) is 11.0. The number of nitrogens with zero attached hydrogens (tertiary/aromatic N) is 1. The zero-order valence-corrected chi connectivity index (χ0v) is 8.10. The van der Waals surface area contributed by atoms with Gasteiger partial charge in [-0.25, -0.2) is 0 Å². The lowest BCUT2D eigenvalue weighted by atomic mass is 9.87. The Morgan fingerprint density at radius 2 is 2.27 bits per heavy atom. The molecule has 0 saturated heterocycles. The Labute approximate surface area is 86.3 Å². The maximum absolute atomic E-state index is 11.6. The van der Waals surface area contributed by atoms with Crippen LogP contribution in [0, 0.1) is 5.92 Å². The van der Waals surface area contributed by atoms with Gasteiger partial charge in [-0.05, 0) is 13.0 Å². The van der Waals surface area contributed by atoms with E-state index in [-0.39, 0.29) is 5.78 Å². The van der Waals surface area contributed by atoms with Crippen molar-refractivity contribution in [1.82, 2.24) is 0 Å². The molecule has 2 rings (SSSR count). The average Bonchev–Trinajstić information content (AvgIpc) is 2.16.